The highest BCUT2D eigenvalue weighted by atomic mass is 16.7. The molecule has 0 radical (unpaired) electrons. The van der Waals surface area contributed by atoms with Crippen LogP contribution in [-0.2, 0) is 18.8 Å². The SMILES string of the molecule is CC(=O)NCC(=Cc1ccc2c(ccn2C(=O)OC(C)(C)C)c1)B1OC(C)(C)C(C)(C)O1. The normalized spacial score (nSPS) is 18.1. The van der Waals surface area contributed by atoms with Gasteiger partial charge < -0.3 is 19.4 Å². The lowest BCUT2D eigenvalue weighted by molar-refractivity contribution is -0.118. The van der Waals surface area contributed by atoms with Crippen molar-refractivity contribution in [3.8, 4) is 0 Å². The summed E-state index contributed by atoms with van der Waals surface area (Å²) in [6, 6.07) is 7.65. The molecule has 32 heavy (non-hydrogen) atoms. The fourth-order valence-electron chi connectivity index (χ4n) is 3.36. The van der Waals surface area contributed by atoms with Gasteiger partial charge in [-0.3, -0.25) is 9.36 Å². The van der Waals surface area contributed by atoms with Crippen LogP contribution in [0.1, 0.15) is 61.0 Å². The van der Waals surface area contributed by atoms with E-state index in [1.54, 1.807) is 6.20 Å². The molecule has 2 heterocycles. The molecule has 3 rings (SSSR count). The topological polar surface area (TPSA) is 78.8 Å². The Bertz CT molecular complexity index is 1050. The predicted octanol–water partition coefficient (Wildman–Crippen LogP) is 4.58. The molecule has 1 saturated heterocycles. The van der Waals surface area contributed by atoms with E-state index in [-0.39, 0.29) is 5.91 Å². The van der Waals surface area contributed by atoms with E-state index in [1.165, 1.54) is 11.5 Å². The minimum absolute atomic E-state index is 0.127. The second-order valence-electron chi connectivity index (χ2n) is 10.2. The molecule has 172 valence electrons. The minimum atomic E-state index is -0.575. The van der Waals surface area contributed by atoms with Crippen molar-refractivity contribution in [3.05, 3.63) is 41.5 Å². The molecule has 1 aliphatic heterocycles. The Balaban J connectivity index is 1.92. The van der Waals surface area contributed by atoms with Gasteiger partial charge in [-0.25, -0.2) is 4.79 Å². The van der Waals surface area contributed by atoms with Crippen molar-refractivity contribution in [3.63, 3.8) is 0 Å². The van der Waals surface area contributed by atoms with Crippen LogP contribution in [0.3, 0.4) is 0 Å². The number of aromatic nitrogens is 1. The maximum atomic E-state index is 12.5. The summed E-state index contributed by atoms with van der Waals surface area (Å²) >= 11 is 0. The first-order valence-electron chi connectivity index (χ1n) is 10.8. The number of ether oxygens (including phenoxy) is 1. The Morgan fingerprint density at radius 1 is 1.12 bits per heavy atom. The molecule has 0 saturated carbocycles. The van der Waals surface area contributed by atoms with Crippen molar-refractivity contribution in [2.24, 2.45) is 0 Å². The summed E-state index contributed by atoms with van der Waals surface area (Å²) in [7, 11) is -0.575. The summed E-state index contributed by atoms with van der Waals surface area (Å²) in [6.07, 6.45) is 3.25. The highest BCUT2D eigenvalue weighted by molar-refractivity contribution is 6.56. The average molecular weight is 440 g/mol. The van der Waals surface area contributed by atoms with Gasteiger partial charge in [0.25, 0.3) is 0 Å². The van der Waals surface area contributed by atoms with Crippen molar-refractivity contribution >= 4 is 36.1 Å². The van der Waals surface area contributed by atoms with Gasteiger partial charge in [-0.1, -0.05) is 12.1 Å². The van der Waals surface area contributed by atoms with Crippen LogP contribution in [0.4, 0.5) is 4.79 Å². The van der Waals surface area contributed by atoms with E-state index in [0.29, 0.717) is 6.54 Å². The molecule has 7 nitrogen and oxygen atoms in total. The zero-order chi connectivity index (χ0) is 23.9. The first kappa shape index (κ1) is 24.1. The second-order valence-corrected chi connectivity index (χ2v) is 10.2. The van der Waals surface area contributed by atoms with Crippen LogP contribution in [0.2, 0.25) is 0 Å². The standard InChI is InChI=1S/C24H33BN2O5/c1-16(28)26-15-19(25-31-23(5,6)24(7,8)32-25)14-17-9-10-20-18(13-17)11-12-27(20)21(29)30-22(2,3)4/h9-14H,15H2,1-8H3,(H,26,28). The van der Waals surface area contributed by atoms with E-state index in [4.69, 9.17) is 14.0 Å². The molecule has 1 amide bonds. The maximum Gasteiger partial charge on any atom is 0.492 e. The fourth-order valence-corrected chi connectivity index (χ4v) is 3.36. The molecule has 1 fully saturated rings. The molecular formula is C24H33BN2O5. The van der Waals surface area contributed by atoms with Crippen LogP contribution in [0.5, 0.6) is 0 Å². The van der Waals surface area contributed by atoms with Crippen LogP contribution in [0.15, 0.2) is 35.9 Å². The van der Waals surface area contributed by atoms with Gasteiger partial charge in [-0.2, -0.15) is 0 Å². The first-order valence-corrected chi connectivity index (χ1v) is 10.8. The summed E-state index contributed by atoms with van der Waals surface area (Å²) in [5, 5.41) is 3.74. The number of carbonyl (C=O) groups is 2. The Morgan fingerprint density at radius 3 is 2.31 bits per heavy atom. The van der Waals surface area contributed by atoms with Crippen LogP contribution in [0.25, 0.3) is 17.0 Å². The number of carbonyl (C=O) groups excluding carboxylic acids is 2. The number of amides is 1. The van der Waals surface area contributed by atoms with E-state index >= 15 is 0 Å². The van der Waals surface area contributed by atoms with Gasteiger partial charge in [0.15, 0.2) is 0 Å². The molecule has 1 N–H and O–H groups in total. The molecule has 1 aromatic carbocycles. The zero-order valence-corrected chi connectivity index (χ0v) is 20.2. The van der Waals surface area contributed by atoms with E-state index in [9.17, 15) is 9.59 Å². The highest BCUT2D eigenvalue weighted by Crippen LogP contribution is 2.38. The third-order valence-electron chi connectivity index (χ3n) is 5.75. The highest BCUT2D eigenvalue weighted by Gasteiger charge is 2.52. The molecular weight excluding hydrogens is 407 g/mol. The monoisotopic (exact) mass is 440 g/mol. The Morgan fingerprint density at radius 2 is 1.75 bits per heavy atom. The molecule has 1 aromatic heterocycles. The fraction of sp³-hybridized carbons (Fsp3) is 0.500. The van der Waals surface area contributed by atoms with Gasteiger partial charge in [-0.15, -0.1) is 0 Å². The van der Waals surface area contributed by atoms with E-state index < -0.39 is 30.0 Å². The first-order chi connectivity index (χ1) is 14.7. The second kappa shape index (κ2) is 8.41. The van der Waals surface area contributed by atoms with Crippen molar-refractivity contribution in [1.29, 1.82) is 0 Å². The Kier molecular flexibility index (Phi) is 6.33. The predicted molar refractivity (Wildman–Crippen MR) is 126 cm³/mol. The minimum Gasteiger partial charge on any atom is -0.443 e. The van der Waals surface area contributed by atoms with Crippen molar-refractivity contribution in [2.45, 2.75) is 72.2 Å². The van der Waals surface area contributed by atoms with E-state index in [1.807, 2.05) is 78.8 Å². The third-order valence-corrected chi connectivity index (χ3v) is 5.75. The van der Waals surface area contributed by atoms with Gasteiger partial charge in [0, 0.05) is 25.1 Å². The Hall–Kier alpha value is -2.58. The molecule has 0 unspecified atom stereocenters. The summed E-state index contributed by atoms with van der Waals surface area (Å²) in [4.78, 5) is 24.0. The summed E-state index contributed by atoms with van der Waals surface area (Å²) < 4.78 is 19.4. The molecule has 0 bridgehead atoms. The molecule has 0 aliphatic carbocycles. The number of nitrogens with one attached hydrogen (secondary N) is 1. The van der Waals surface area contributed by atoms with Crippen LogP contribution in [0, 0.1) is 0 Å². The van der Waals surface area contributed by atoms with Gasteiger partial charge in [-0.05, 0) is 77.7 Å². The number of nitrogens with zero attached hydrogens (tertiary/aromatic N) is 1. The molecule has 2 aromatic rings. The van der Waals surface area contributed by atoms with Crippen LogP contribution in [-0.4, -0.2) is 47.0 Å². The molecule has 1 aliphatic rings. The molecule has 0 spiro atoms. The van der Waals surface area contributed by atoms with E-state index in [2.05, 4.69) is 5.32 Å². The van der Waals surface area contributed by atoms with E-state index in [0.717, 1.165) is 21.9 Å². The van der Waals surface area contributed by atoms with Gasteiger partial charge in [0.2, 0.25) is 5.91 Å². The smallest absolute Gasteiger partial charge is 0.443 e. The molecule has 0 atom stereocenters. The lowest BCUT2D eigenvalue weighted by Crippen LogP contribution is -2.41. The number of benzene rings is 1. The number of hydrogen-bond acceptors (Lipinski definition) is 5. The Labute approximate surface area is 190 Å². The zero-order valence-electron chi connectivity index (χ0n) is 20.2. The van der Waals surface area contributed by atoms with Crippen LogP contribution >= 0.6 is 0 Å². The van der Waals surface area contributed by atoms with Gasteiger partial charge in [0.1, 0.15) is 5.60 Å². The van der Waals surface area contributed by atoms with Crippen molar-refractivity contribution in [2.75, 3.05) is 6.54 Å². The quantitative estimate of drug-likeness (QED) is 0.705. The van der Waals surface area contributed by atoms with Gasteiger partial charge >= 0.3 is 13.2 Å². The van der Waals surface area contributed by atoms with Crippen molar-refractivity contribution < 1.29 is 23.6 Å². The summed E-state index contributed by atoms with van der Waals surface area (Å²) in [6.45, 7) is 15.3. The van der Waals surface area contributed by atoms with Crippen molar-refractivity contribution in [1.82, 2.24) is 9.88 Å². The largest absolute Gasteiger partial charge is 0.492 e. The number of fused-ring (bicyclic) bond motifs is 1. The summed E-state index contributed by atoms with van der Waals surface area (Å²) in [5.41, 5.74) is 0.940. The average Bonchev–Trinajstić information content (AvgIpc) is 3.14. The summed E-state index contributed by atoms with van der Waals surface area (Å²) in [5.74, 6) is -0.127. The van der Waals surface area contributed by atoms with Crippen LogP contribution < -0.4 is 5.32 Å². The lowest BCUT2D eigenvalue weighted by Gasteiger charge is -2.32. The number of rotatable bonds is 4. The number of hydrogen-bond donors (Lipinski definition) is 1. The van der Waals surface area contributed by atoms with Gasteiger partial charge in [0.05, 0.1) is 16.7 Å². The maximum absolute atomic E-state index is 12.5. The molecule has 8 heteroatoms. The third kappa shape index (κ3) is 5.24. The lowest BCUT2D eigenvalue weighted by atomic mass is 9.77.